The maximum atomic E-state index is 12.8. The van der Waals surface area contributed by atoms with Crippen LogP contribution >= 0.6 is 0 Å². The highest BCUT2D eigenvalue weighted by Crippen LogP contribution is 2.20. The average molecular weight is 339 g/mol. The van der Waals surface area contributed by atoms with Crippen molar-refractivity contribution in [3.05, 3.63) is 30.5 Å². The number of likely N-dealkylation sites (tertiary alicyclic amines) is 1. The van der Waals surface area contributed by atoms with Crippen LogP contribution in [0, 0.1) is 0 Å². The van der Waals surface area contributed by atoms with Gasteiger partial charge in [0.15, 0.2) is 0 Å². The summed E-state index contributed by atoms with van der Waals surface area (Å²) in [5, 5.41) is 0. The van der Waals surface area contributed by atoms with Crippen molar-refractivity contribution in [1.29, 1.82) is 0 Å². The minimum absolute atomic E-state index is 0.0759. The highest BCUT2D eigenvalue weighted by Gasteiger charge is 2.32. The number of rotatable bonds is 2. The molecule has 6 heteroatoms. The van der Waals surface area contributed by atoms with Crippen LogP contribution in [0.25, 0.3) is 11.0 Å². The first kappa shape index (κ1) is 16.3. The smallest absolute Gasteiger partial charge is 0.239 e. The van der Waals surface area contributed by atoms with E-state index in [1.807, 2.05) is 35.4 Å². The molecule has 1 amide bonds. The van der Waals surface area contributed by atoms with Crippen molar-refractivity contribution in [2.24, 2.45) is 0 Å². The van der Waals surface area contributed by atoms with Crippen molar-refractivity contribution in [2.45, 2.75) is 25.3 Å². The third kappa shape index (κ3) is 3.31. The van der Waals surface area contributed by atoms with Crippen molar-refractivity contribution in [3.63, 3.8) is 0 Å². The van der Waals surface area contributed by atoms with E-state index in [1.165, 1.54) is 0 Å². The number of carbonyl (C=O) groups excluding carboxylic acids is 1. The predicted molar refractivity (Wildman–Crippen MR) is 98.6 cm³/mol. The van der Waals surface area contributed by atoms with Crippen molar-refractivity contribution in [1.82, 2.24) is 19.8 Å². The summed E-state index contributed by atoms with van der Waals surface area (Å²) in [6, 6.07) is 8.02. The molecule has 1 atom stereocenters. The second kappa shape index (κ2) is 6.96. The fraction of sp³-hybridized carbons (Fsp3) is 0.526. The molecule has 132 valence electrons. The van der Waals surface area contributed by atoms with Gasteiger partial charge in [-0.2, -0.15) is 0 Å². The minimum atomic E-state index is 0.0759. The molecule has 4 rings (SSSR count). The molecule has 0 spiro atoms. The summed E-state index contributed by atoms with van der Waals surface area (Å²) in [6.45, 7) is 4.36. The third-order valence-corrected chi connectivity index (χ3v) is 5.37. The molecular formula is C19H25N5O. The number of fused-ring (bicyclic) bond motifs is 1. The topological polar surface area (TPSA) is 52.6 Å². The van der Waals surface area contributed by atoms with Gasteiger partial charge >= 0.3 is 0 Å². The van der Waals surface area contributed by atoms with Crippen molar-refractivity contribution in [3.8, 4) is 0 Å². The van der Waals surface area contributed by atoms with Crippen LogP contribution in [0.2, 0.25) is 0 Å². The number of benzene rings is 1. The lowest BCUT2D eigenvalue weighted by molar-refractivity contribution is -0.135. The first-order valence-electron chi connectivity index (χ1n) is 9.18. The summed E-state index contributed by atoms with van der Waals surface area (Å²) < 4.78 is 0. The van der Waals surface area contributed by atoms with E-state index in [-0.39, 0.29) is 6.04 Å². The Morgan fingerprint density at radius 3 is 2.68 bits per heavy atom. The summed E-state index contributed by atoms with van der Waals surface area (Å²) in [4.78, 5) is 28.6. The van der Waals surface area contributed by atoms with Gasteiger partial charge in [-0.25, -0.2) is 4.98 Å². The van der Waals surface area contributed by atoms with Crippen LogP contribution in [0.15, 0.2) is 30.5 Å². The molecule has 2 fully saturated rings. The molecule has 2 aliphatic rings. The van der Waals surface area contributed by atoms with Gasteiger partial charge in [0.2, 0.25) is 5.91 Å². The van der Waals surface area contributed by atoms with E-state index in [2.05, 4.69) is 21.8 Å². The standard InChI is InChI=1S/C19H25N5O/c1-22-9-4-8-17(22)19(25)24-11-5-10-23(12-13-24)18-14-20-15-6-2-3-7-16(15)21-18/h2-3,6-7,14,17H,4-5,8-13H2,1H3/t17-/m0/s1. The van der Waals surface area contributed by atoms with Gasteiger partial charge in [-0.15, -0.1) is 0 Å². The molecule has 0 aliphatic carbocycles. The monoisotopic (exact) mass is 339 g/mol. The fourth-order valence-electron chi connectivity index (χ4n) is 3.90. The molecule has 0 N–H and O–H groups in total. The van der Waals surface area contributed by atoms with Gasteiger partial charge in [0.1, 0.15) is 5.82 Å². The van der Waals surface area contributed by atoms with E-state index in [9.17, 15) is 4.79 Å². The molecule has 0 saturated carbocycles. The normalized spacial score (nSPS) is 22.4. The number of hydrogen-bond donors (Lipinski definition) is 0. The van der Waals surface area contributed by atoms with Crippen LogP contribution in [-0.2, 0) is 4.79 Å². The van der Waals surface area contributed by atoms with Crippen LogP contribution in [-0.4, -0.2) is 71.5 Å². The number of nitrogens with zero attached hydrogens (tertiary/aromatic N) is 5. The molecule has 2 saturated heterocycles. The van der Waals surface area contributed by atoms with E-state index in [4.69, 9.17) is 4.98 Å². The molecular weight excluding hydrogens is 314 g/mol. The Morgan fingerprint density at radius 2 is 1.88 bits per heavy atom. The molecule has 0 radical (unpaired) electrons. The Bertz CT molecular complexity index is 764. The van der Waals surface area contributed by atoms with Gasteiger partial charge in [-0.3, -0.25) is 14.7 Å². The van der Waals surface area contributed by atoms with E-state index < -0.39 is 0 Å². The zero-order valence-electron chi connectivity index (χ0n) is 14.8. The van der Waals surface area contributed by atoms with Crippen LogP contribution in [0.4, 0.5) is 5.82 Å². The molecule has 3 heterocycles. The molecule has 0 bridgehead atoms. The van der Waals surface area contributed by atoms with Crippen molar-refractivity contribution < 1.29 is 4.79 Å². The SMILES string of the molecule is CN1CCC[C@H]1C(=O)N1CCCN(c2cnc3ccccc3n2)CC1. The zero-order chi connectivity index (χ0) is 17.2. The zero-order valence-corrected chi connectivity index (χ0v) is 14.8. The highest BCUT2D eigenvalue weighted by molar-refractivity contribution is 5.82. The second-order valence-electron chi connectivity index (χ2n) is 7.02. The summed E-state index contributed by atoms with van der Waals surface area (Å²) in [5.41, 5.74) is 1.84. The van der Waals surface area contributed by atoms with Crippen molar-refractivity contribution in [2.75, 3.05) is 44.7 Å². The Kier molecular flexibility index (Phi) is 4.53. The number of para-hydroxylation sites is 2. The molecule has 25 heavy (non-hydrogen) atoms. The summed E-state index contributed by atoms with van der Waals surface area (Å²) >= 11 is 0. The average Bonchev–Trinajstić information content (AvgIpc) is 2.92. The lowest BCUT2D eigenvalue weighted by Gasteiger charge is -2.27. The van der Waals surface area contributed by atoms with E-state index in [0.29, 0.717) is 5.91 Å². The first-order chi connectivity index (χ1) is 12.2. The lowest BCUT2D eigenvalue weighted by atomic mass is 10.2. The van der Waals surface area contributed by atoms with E-state index >= 15 is 0 Å². The largest absolute Gasteiger partial charge is 0.353 e. The molecule has 6 nitrogen and oxygen atoms in total. The number of hydrogen-bond acceptors (Lipinski definition) is 5. The van der Waals surface area contributed by atoms with Crippen LogP contribution in [0.1, 0.15) is 19.3 Å². The maximum Gasteiger partial charge on any atom is 0.239 e. The number of aromatic nitrogens is 2. The Balaban J connectivity index is 1.46. The fourth-order valence-corrected chi connectivity index (χ4v) is 3.90. The van der Waals surface area contributed by atoms with Crippen LogP contribution in [0.3, 0.4) is 0 Å². The number of carbonyl (C=O) groups is 1. The lowest BCUT2D eigenvalue weighted by Crippen LogP contribution is -2.45. The minimum Gasteiger partial charge on any atom is -0.353 e. The molecule has 2 aromatic rings. The van der Waals surface area contributed by atoms with Crippen LogP contribution < -0.4 is 4.90 Å². The predicted octanol–water partition coefficient (Wildman–Crippen LogP) is 1.76. The highest BCUT2D eigenvalue weighted by atomic mass is 16.2. The molecule has 0 unspecified atom stereocenters. The molecule has 2 aliphatic heterocycles. The van der Waals surface area contributed by atoms with Crippen LogP contribution in [0.5, 0.6) is 0 Å². The van der Waals surface area contributed by atoms with Gasteiger partial charge in [-0.05, 0) is 45.0 Å². The Labute approximate surface area is 148 Å². The Morgan fingerprint density at radius 1 is 1.04 bits per heavy atom. The first-order valence-corrected chi connectivity index (χ1v) is 9.18. The van der Waals surface area contributed by atoms with Gasteiger partial charge < -0.3 is 9.80 Å². The number of likely N-dealkylation sites (N-methyl/N-ethyl adjacent to an activating group) is 1. The number of amides is 1. The third-order valence-electron chi connectivity index (χ3n) is 5.37. The molecule has 1 aromatic heterocycles. The van der Waals surface area contributed by atoms with Crippen molar-refractivity contribution >= 4 is 22.8 Å². The Hall–Kier alpha value is -2.21. The maximum absolute atomic E-state index is 12.8. The summed E-state index contributed by atoms with van der Waals surface area (Å²) in [6.07, 6.45) is 4.94. The second-order valence-corrected chi connectivity index (χ2v) is 7.02. The van der Waals surface area contributed by atoms with Gasteiger partial charge in [-0.1, -0.05) is 12.1 Å². The van der Waals surface area contributed by atoms with E-state index in [1.54, 1.807) is 0 Å². The quantitative estimate of drug-likeness (QED) is 0.835. The number of anilines is 1. The van der Waals surface area contributed by atoms with E-state index in [0.717, 1.165) is 68.8 Å². The van der Waals surface area contributed by atoms with Gasteiger partial charge in [0.25, 0.3) is 0 Å². The summed E-state index contributed by atoms with van der Waals surface area (Å²) in [7, 11) is 2.06. The molecule has 1 aromatic carbocycles. The van der Waals surface area contributed by atoms with Gasteiger partial charge in [0.05, 0.1) is 23.3 Å². The summed E-state index contributed by atoms with van der Waals surface area (Å²) in [5.74, 6) is 1.21. The van der Waals surface area contributed by atoms with Gasteiger partial charge in [0, 0.05) is 26.2 Å².